The Morgan fingerprint density at radius 3 is 2.65 bits per heavy atom. The molecule has 2 rings (SSSR count). The predicted molar refractivity (Wildman–Crippen MR) is 74.8 cm³/mol. The van der Waals surface area contributed by atoms with Gasteiger partial charge in [0.15, 0.2) is 5.75 Å². The Labute approximate surface area is 116 Å². The summed E-state index contributed by atoms with van der Waals surface area (Å²) in [6.45, 7) is 1.67. The van der Waals surface area contributed by atoms with Gasteiger partial charge in [0.2, 0.25) is 0 Å². The first kappa shape index (κ1) is 13.9. The molecular weight excluding hydrogens is 259 g/mol. The van der Waals surface area contributed by atoms with Crippen LogP contribution in [0.15, 0.2) is 42.5 Å². The van der Waals surface area contributed by atoms with Crippen molar-refractivity contribution in [1.82, 2.24) is 5.32 Å². The Hall–Kier alpha value is -2.56. The second kappa shape index (κ2) is 5.61. The normalized spacial score (nSPS) is 11.9. The Kier molecular flexibility index (Phi) is 3.89. The summed E-state index contributed by atoms with van der Waals surface area (Å²) in [5.41, 5.74) is 6.10. The molecule has 0 spiro atoms. The zero-order valence-corrected chi connectivity index (χ0v) is 10.9. The molecular formula is C15H15FN2O2. The summed E-state index contributed by atoms with van der Waals surface area (Å²) in [4.78, 5) is 12.1. The summed E-state index contributed by atoms with van der Waals surface area (Å²) in [5, 5.41) is 12.4. The summed E-state index contributed by atoms with van der Waals surface area (Å²) >= 11 is 0. The molecule has 0 aliphatic rings. The second-order valence-electron chi connectivity index (χ2n) is 4.46. The number of carbonyl (C=O) groups is 1. The van der Waals surface area contributed by atoms with Gasteiger partial charge in [-0.05, 0) is 25.1 Å². The van der Waals surface area contributed by atoms with E-state index < -0.39 is 17.8 Å². The number of rotatable bonds is 3. The highest BCUT2D eigenvalue weighted by Crippen LogP contribution is 2.25. The number of benzene rings is 2. The molecule has 20 heavy (non-hydrogen) atoms. The molecule has 4 N–H and O–H groups in total. The molecule has 0 aliphatic heterocycles. The van der Waals surface area contributed by atoms with E-state index in [9.17, 15) is 14.3 Å². The fraction of sp³-hybridized carbons (Fsp3) is 0.133. The molecule has 1 amide bonds. The average molecular weight is 274 g/mol. The summed E-state index contributed by atoms with van der Waals surface area (Å²) in [6, 6.07) is 10.2. The Morgan fingerprint density at radius 2 is 1.95 bits per heavy atom. The number of para-hydroxylation sites is 1. The van der Waals surface area contributed by atoms with Crippen LogP contribution in [0.2, 0.25) is 0 Å². The number of nitrogens with two attached hydrogens (primary N) is 1. The topological polar surface area (TPSA) is 75.4 Å². The van der Waals surface area contributed by atoms with E-state index in [2.05, 4.69) is 5.32 Å². The highest BCUT2D eigenvalue weighted by Gasteiger charge is 2.17. The lowest BCUT2D eigenvalue weighted by atomic mass is 10.1. The van der Waals surface area contributed by atoms with Crippen molar-refractivity contribution in [2.75, 3.05) is 5.73 Å². The number of nitrogen functional groups attached to an aromatic ring is 1. The van der Waals surface area contributed by atoms with Gasteiger partial charge in [0.05, 0.1) is 17.3 Å². The summed E-state index contributed by atoms with van der Waals surface area (Å²) in [5.74, 6) is -1.17. The lowest BCUT2D eigenvalue weighted by Crippen LogP contribution is -2.27. The Bertz CT molecular complexity index is 644. The van der Waals surface area contributed by atoms with Crippen LogP contribution < -0.4 is 11.1 Å². The minimum absolute atomic E-state index is 0.0631. The van der Waals surface area contributed by atoms with Crippen molar-refractivity contribution in [2.45, 2.75) is 13.0 Å². The van der Waals surface area contributed by atoms with E-state index in [0.717, 1.165) is 0 Å². The number of carbonyl (C=O) groups excluding carboxylic acids is 1. The molecule has 0 aromatic heterocycles. The van der Waals surface area contributed by atoms with Crippen LogP contribution in [-0.4, -0.2) is 11.0 Å². The van der Waals surface area contributed by atoms with Gasteiger partial charge in [-0.3, -0.25) is 4.79 Å². The van der Waals surface area contributed by atoms with Crippen molar-refractivity contribution >= 4 is 11.6 Å². The lowest BCUT2D eigenvalue weighted by Gasteiger charge is -2.15. The number of hydrogen-bond donors (Lipinski definition) is 3. The maximum atomic E-state index is 13.6. The average Bonchev–Trinajstić information content (AvgIpc) is 2.42. The van der Waals surface area contributed by atoms with Gasteiger partial charge < -0.3 is 16.2 Å². The fourth-order valence-corrected chi connectivity index (χ4v) is 1.92. The predicted octanol–water partition coefficient (Wildman–Crippen LogP) is 2.60. The summed E-state index contributed by atoms with van der Waals surface area (Å²) in [6.07, 6.45) is 0. The molecule has 5 heteroatoms. The van der Waals surface area contributed by atoms with E-state index in [0.29, 0.717) is 5.56 Å². The zero-order chi connectivity index (χ0) is 14.7. The lowest BCUT2D eigenvalue weighted by molar-refractivity contribution is 0.0937. The van der Waals surface area contributed by atoms with Gasteiger partial charge in [-0.1, -0.05) is 24.3 Å². The maximum absolute atomic E-state index is 13.6. The van der Waals surface area contributed by atoms with Gasteiger partial charge in [0.1, 0.15) is 5.82 Å². The molecule has 1 unspecified atom stereocenters. The smallest absolute Gasteiger partial charge is 0.255 e. The summed E-state index contributed by atoms with van der Waals surface area (Å²) in [7, 11) is 0. The van der Waals surface area contributed by atoms with Crippen molar-refractivity contribution in [1.29, 1.82) is 0 Å². The van der Waals surface area contributed by atoms with Crippen molar-refractivity contribution < 1.29 is 14.3 Å². The van der Waals surface area contributed by atoms with Crippen LogP contribution in [-0.2, 0) is 0 Å². The van der Waals surface area contributed by atoms with E-state index in [1.54, 1.807) is 31.2 Å². The van der Waals surface area contributed by atoms with Gasteiger partial charge in [-0.25, -0.2) is 4.39 Å². The molecule has 0 aliphatic carbocycles. The van der Waals surface area contributed by atoms with E-state index in [-0.39, 0.29) is 17.0 Å². The van der Waals surface area contributed by atoms with Crippen molar-refractivity contribution in [3.63, 3.8) is 0 Å². The van der Waals surface area contributed by atoms with E-state index >= 15 is 0 Å². The highest BCUT2D eigenvalue weighted by molar-refractivity contribution is 5.98. The third-order valence-electron chi connectivity index (χ3n) is 3.03. The van der Waals surface area contributed by atoms with Gasteiger partial charge in [-0.15, -0.1) is 0 Å². The van der Waals surface area contributed by atoms with E-state index in [1.807, 2.05) is 0 Å². The first-order valence-electron chi connectivity index (χ1n) is 6.13. The molecule has 1 atom stereocenters. The van der Waals surface area contributed by atoms with Crippen LogP contribution >= 0.6 is 0 Å². The van der Waals surface area contributed by atoms with Crippen LogP contribution in [0.4, 0.5) is 10.1 Å². The van der Waals surface area contributed by atoms with Crippen LogP contribution in [0.1, 0.15) is 28.9 Å². The van der Waals surface area contributed by atoms with E-state index in [4.69, 9.17) is 5.73 Å². The van der Waals surface area contributed by atoms with Crippen molar-refractivity contribution in [3.05, 3.63) is 59.4 Å². The number of nitrogens with one attached hydrogen (secondary N) is 1. The molecule has 0 saturated heterocycles. The van der Waals surface area contributed by atoms with Gasteiger partial charge >= 0.3 is 0 Å². The monoisotopic (exact) mass is 274 g/mol. The molecule has 0 fully saturated rings. The van der Waals surface area contributed by atoms with Gasteiger partial charge in [0.25, 0.3) is 5.91 Å². The van der Waals surface area contributed by atoms with Gasteiger partial charge in [0, 0.05) is 5.56 Å². The summed E-state index contributed by atoms with van der Waals surface area (Å²) < 4.78 is 13.6. The largest absolute Gasteiger partial charge is 0.505 e. The van der Waals surface area contributed by atoms with Crippen LogP contribution in [0.5, 0.6) is 5.75 Å². The molecule has 0 heterocycles. The van der Waals surface area contributed by atoms with Crippen LogP contribution in [0.3, 0.4) is 0 Å². The fourth-order valence-electron chi connectivity index (χ4n) is 1.92. The molecule has 0 radical (unpaired) electrons. The minimum Gasteiger partial charge on any atom is -0.505 e. The van der Waals surface area contributed by atoms with Gasteiger partial charge in [-0.2, -0.15) is 0 Å². The number of aromatic hydroxyl groups is 1. The van der Waals surface area contributed by atoms with Crippen LogP contribution in [0.25, 0.3) is 0 Å². The molecule has 104 valence electrons. The zero-order valence-electron chi connectivity index (χ0n) is 10.9. The number of phenols is 1. The van der Waals surface area contributed by atoms with Crippen LogP contribution in [0, 0.1) is 5.82 Å². The first-order valence-corrected chi connectivity index (χ1v) is 6.13. The third-order valence-corrected chi connectivity index (χ3v) is 3.03. The number of hydrogen-bond acceptors (Lipinski definition) is 3. The highest BCUT2D eigenvalue weighted by atomic mass is 19.1. The number of anilines is 1. The molecule has 2 aromatic carbocycles. The number of phenolic OH excluding ortho intramolecular Hbond substituents is 1. The number of amides is 1. The molecule has 2 aromatic rings. The molecule has 0 bridgehead atoms. The Balaban J connectivity index is 2.20. The molecule has 0 saturated carbocycles. The minimum atomic E-state index is -0.524. The van der Waals surface area contributed by atoms with Crippen molar-refractivity contribution in [2.24, 2.45) is 0 Å². The Morgan fingerprint density at radius 1 is 1.25 bits per heavy atom. The SMILES string of the molecule is CC(NC(=O)c1cccc(N)c1O)c1ccccc1F. The third kappa shape index (κ3) is 2.71. The standard InChI is InChI=1S/C15H15FN2O2/c1-9(10-5-2-3-7-12(10)16)18-15(20)11-6-4-8-13(17)14(11)19/h2-9,19H,17H2,1H3,(H,18,20). The quantitative estimate of drug-likeness (QED) is 0.595. The number of halogens is 1. The van der Waals surface area contributed by atoms with E-state index in [1.165, 1.54) is 18.2 Å². The molecule has 4 nitrogen and oxygen atoms in total. The second-order valence-corrected chi connectivity index (χ2v) is 4.46. The van der Waals surface area contributed by atoms with Crippen molar-refractivity contribution in [3.8, 4) is 5.75 Å². The first-order chi connectivity index (χ1) is 9.50. The maximum Gasteiger partial charge on any atom is 0.255 e.